The van der Waals surface area contributed by atoms with Crippen LogP contribution < -0.4 is 10.5 Å². The molecule has 1 aromatic heterocycles. The van der Waals surface area contributed by atoms with Gasteiger partial charge in [0.05, 0.1) is 0 Å². The maximum Gasteiger partial charge on any atom is 0.354 e. The van der Waals surface area contributed by atoms with Crippen LogP contribution in [0.1, 0.15) is 34.8 Å². The Balaban J connectivity index is 2.06. The first-order chi connectivity index (χ1) is 11.4. The van der Waals surface area contributed by atoms with Crippen LogP contribution >= 0.6 is 0 Å². The third kappa shape index (κ3) is 3.21. The zero-order valence-electron chi connectivity index (χ0n) is 13.0. The molecule has 128 valence electrons. The van der Waals surface area contributed by atoms with Crippen molar-refractivity contribution < 1.29 is 18.3 Å². The lowest BCUT2D eigenvalue weighted by Gasteiger charge is -2.23. The van der Waals surface area contributed by atoms with Gasteiger partial charge >= 0.3 is 16.2 Å². The van der Waals surface area contributed by atoms with Gasteiger partial charge in [0, 0.05) is 11.8 Å². The molecule has 0 amide bonds. The molecule has 7 nitrogen and oxygen atoms in total. The molecule has 0 atom stereocenters. The van der Waals surface area contributed by atoms with Crippen LogP contribution in [0.3, 0.4) is 0 Å². The summed E-state index contributed by atoms with van der Waals surface area (Å²) < 4.78 is 23.8. The molecule has 0 radical (unpaired) electrons. The molecule has 4 N–H and O–H groups in total. The highest BCUT2D eigenvalue weighted by atomic mass is 32.2. The summed E-state index contributed by atoms with van der Waals surface area (Å²) in [4.78, 5) is 11.6. The zero-order chi connectivity index (χ0) is 17.3. The Kier molecular flexibility index (Phi) is 4.44. The lowest BCUT2D eigenvalue weighted by atomic mass is 9.88. The molecule has 24 heavy (non-hydrogen) atoms. The van der Waals surface area contributed by atoms with Gasteiger partial charge in [-0.15, -0.1) is 0 Å². The lowest BCUT2D eigenvalue weighted by Crippen LogP contribution is -2.26. The Labute approximate surface area is 140 Å². The summed E-state index contributed by atoms with van der Waals surface area (Å²) in [5.74, 6) is -0.920. The van der Waals surface area contributed by atoms with Crippen molar-refractivity contribution in [1.82, 2.24) is 9.29 Å². The van der Waals surface area contributed by atoms with E-state index in [1.165, 1.54) is 12.3 Å². The molecule has 3 rings (SSSR count). The molecule has 1 saturated heterocycles. The number of aromatic carboxylic acids is 1. The van der Waals surface area contributed by atoms with Crippen LogP contribution in [-0.2, 0) is 10.2 Å². The van der Waals surface area contributed by atoms with Gasteiger partial charge in [0.1, 0.15) is 0 Å². The standard InChI is InChI=1S/C16H19N3O4S/c17-24(22,23)19-9-6-14(15(19)16(20)21)13-3-1-2-12(10-13)11-4-7-18-8-5-11/h1-3,6,9-11,18H,4-5,7-8H2,(H,20,21)(H2,17,22,23). The fourth-order valence-corrected chi connectivity index (χ4v) is 3.85. The van der Waals surface area contributed by atoms with E-state index in [0.29, 0.717) is 21.0 Å². The first kappa shape index (κ1) is 16.7. The van der Waals surface area contributed by atoms with Crippen LogP contribution in [0, 0.1) is 0 Å². The largest absolute Gasteiger partial charge is 0.477 e. The molecular formula is C16H19N3O4S. The summed E-state index contributed by atoms with van der Waals surface area (Å²) in [6.07, 6.45) is 3.21. The number of nitrogens with zero attached hydrogens (tertiary/aromatic N) is 1. The third-order valence-electron chi connectivity index (χ3n) is 4.34. The van der Waals surface area contributed by atoms with Gasteiger partial charge in [-0.25, -0.2) is 13.9 Å². The minimum atomic E-state index is -4.17. The fraction of sp³-hybridized carbons (Fsp3) is 0.312. The first-order valence-corrected chi connectivity index (χ1v) is 9.17. The Morgan fingerprint density at radius 3 is 2.58 bits per heavy atom. The van der Waals surface area contributed by atoms with E-state index in [9.17, 15) is 18.3 Å². The molecule has 1 fully saturated rings. The normalized spacial score (nSPS) is 16.2. The number of carboxylic acids is 1. The van der Waals surface area contributed by atoms with Crippen molar-refractivity contribution >= 4 is 16.2 Å². The SMILES string of the molecule is NS(=O)(=O)n1ccc(-c2cccc(C3CCNCC3)c2)c1C(=O)O. The van der Waals surface area contributed by atoms with Crippen LogP contribution in [0.5, 0.6) is 0 Å². The molecule has 2 heterocycles. The number of piperidine rings is 1. The quantitative estimate of drug-likeness (QED) is 0.771. The van der Waals surface area contributed by atoms with Crippen LogP contribution in [-0.4, -0.2) is 36.6 Å². The van der Waals surface area contributed by atoms with E-state index in [4.69, 9.17) is 5.14 Å². The van der Waals surface area contributed by atoms with Gasteiger partial charge in [-0.1, -0.05) is 24.3 Å². The van der Waals surface area contributed by atoms with E-state index in [2.05, 4.69) is 5.32 Å². The van der Waals surface area contributed by atoms with E-state index in [0.717, 1.165) is 31.5 Å². The molecule has 1 aliphatic heterocycles. The number of benzene rings is 1. The van der Waals surface area contributed by atoms with Crippen LogP contribution in [0.25, 0.3) is 11.1 Å². The summed E-state index contributed by atoms with van der Waals surface area (Å²) in [5, 5.41) is 17.8. The van der Waals surface area contributed by atoms with Crippen molar-refractivity contribution in [2.75, 3.05) is 13.1 Å². The average Bonchev–Trinajstić information content (AvgIpc) is 3.01. The molecule has 0 bridgehead atoms. The minimum Gasteiger partial charge on any atom is -0.477 e. The van der Waals surface area contributed by atoms with Gasteiger partial charge in [0.25, 0.3) is 0 Å². The van der Waals surface area contributed by atoms with Crippen molar-refractivity contribution in [2.45, 2.75) is 18.8 Å². The monoisotopic (exact) mass is 349 g/mol. The number of aromatic nitrogens is 1. The van der Waals surface area contributed by atoms with E-state index in [1.54, 1.807) is 6.07 Å². The minimum absolute atomic E-state index is 0.340. The number of rotatable bonds is 4. The van der Waals surface area contributed by atoms with Crippen molar-refractivity contribution in [3.05, 3.63) is 47.8 Å². The summed E-state index contributed by atoms with van der Waals surface area (Å²) >= 11 is 0. The third-order valence-corrected chi connectivity index (χ3v) is 5.19. The Hall–Kier alpha value is -2.16. The molecule has 0 spiro atoms. The summed E-state index contributed by atoms with van der Waals surface area (Å²) in [7, 11) is -4.17. The van der Waals surface area contributed by atoms with Gasteiger partial charge < -0.3 is 10.4 Å². The number of hydrogen-bond donors (Lipinski definition) is 3. The lowest BCUT2D eigenvalue weighted by molar-refractivity contribution is 0.0690. The molecule has 1 aliphatic rings. The molecular weight excluding hydrogens is 330 g/mol. The predicted molar refractivity (Wildman–Crippen MR) is 90.2 cm³/mol. The van der Waals surface area contributed by atoms with E-state index in [1.807, 2.05) is 18.2 Å². The highest BCUT2D eigenvalue weighted by Gasteiger charge is 2.23. The fourth-order valence-electron chi connectivity index (χ4n) is 3.18. The first-order valence-electron chi connectivity index (χ1n) is 7.67. The Morgan fingerprint density at radius 1 is 1.25 bits per heavy atom. The highest BCUT2D eigenvalue weighted by molar-refractivity contribution is 7.87. The van der Waals surface area contributed by atoms with Gasteiger partial charge in [-0.2, -0.15) is 8.42 Å². The Bertz CT molecular complexity index is 867. The summed E-state index contributed by atoms with van der Waals surface area (Å²) in [6.45, 7) is 1.91. The highest BCUT2D eigenvalue weighted by Crippen LogP contribution is 2.31. The predicted octanol–water partition coefficient (Wildman–Crippen LogP) is 1.37. The maximum atomic E-state index is 11.6. The summed E-state index contributed by atoms with van der Waals surface area (Å²) in [6, 6.07) is 9.07. The van der Waals surface area contributed by atoms with Gasteiger partial charge in [-0.3, -0.25) is 0 Å². The van der Waals surface area contributed by atoms with Gasteiger partial charge in [0.15, 0.2) is 5.69 Å². The van der Waals surface area contributed by atoms with Crippen LogP contribution in [0.2, 0.25) is 0 Å². The molecule has 0 aliphatic carbocycles. The molecule has 0 saturated carbocycles. The summed E-state index contributed by atoms with van der Waals surface area (Å²) in [5.41, 5.74) is 1.80. The number of carbonyl (C=O) groups is 1. The van der Waals surface area contributed by atoms with E-state index in [-0.39, 0.29) is 5.69 Å². The van der Waals surface area contributed by atoms with Gasteiger partial charge in [0.2, 0.25) is 0 Å². The molecule has 0 unspecified atom stereocenters. The number of nitrogens with two attached hydrogens (primary N) is 1. The topological polar surface area (TPSA) is 114 Å². The molecule has 1 aromatic carbocycles. The maximum absolute atomic E-state index is 11.6. The van der Waals surface area contributed by atoms with Crippen molar-refractivity contribution in [1.29, 1.82) is 0 Å². The van der Waals surface area contributed by atoms with Crippen LogP contribution in [0.4, 0.5) is 0 Å². The van der Waals surface area contributed by atoms with Crippen molar-refractivity contribution in [3.63, 3.8) is 0 Å². The van der Waals surface area contributed by atoms with E-state index >= 15 is 0 Å². The molecule has 2 aromatic rings. The zero-order valence-corrected chi connectivity index (χ0v) is 13.8. The number of hydrogen-bond acceptors (Lipinski definition) is 4. The second-order valence-corrected chi connectivity index (χ2v) is 7.30. The van der Waals surface area contributed by atoms with E-state index < -0.39 is 16.2 Å². The van der Waals surface area contributed by atoms with Crippen LogP contribution in [0.15, 0.2) is 36.5 Å². The van der Waals surface area contributed by atoms with Gasteiger partial charge in [-0.05, 0) is 49.0 Å². The smallest absolute Gasteiger partial charge is 0.354 e. The number of nitrogens with one attached hydrogen (secondary N) is 1. The number of carboxylic acid groups (broad SMARTS) is 1. The second kappa shape index (κ2) is 6.39. The second-order valence-electron chi connectivity index (χ2n) is 5.87. The van der Waals surface area contributed by atoms with Crippen molar-refractivity contribution in [3.8, 4) is 11.1 Å². The average molecular weight is 349 g/mol. The Morgan fingerprint density at radius 2 is 1.96 bits per heavy atom. The molecule has 8 heteroatoms. The van der Waals surface area contributed by atoms with Crippen molar-refractivity contribution in [2.24, 2.45) is 5.14 Å².